The van der Waals surface area contributed by atoms with Crippen molar-refractivity contribution in [1.82, 2.24) is 9.80 Å². The molecule has 1 heterocycles. The van der Waals surface area contributed by atoms with Crippen molar-refractivity contribution in [3.63, 3.8) is 0 Å². The highest BCUT2D eigenvalue weighted by Gasteiger charge is 2.35. The molecule has 1 unspecified atom stereocenters. The Labute approximate surface area is 165 Å². The van der Waals surface area contributed by atoms with Gasteiger partial charge >= 0.3 is 0 Å². The first-order chi connectivity index (χ1) is 13.1. The Balaban J connectivity index is 1.57. The molecule has 0 radical (unpaired) electrons. The molecule has 0 saturated carbocycles. The van der Waals surface area contributed by atoms with Crippen LogP contribution in [0.1, 0.15) is 24.5 Å². The Morgan fingerprint density at radius 3 is 2.59 bits per heavy atom. The summed E-state index contributed by atoms with van der Waals surface area (Å²) in [6.07, 6.45) is 1.05. The number of carbonyl (C=O) groups is 2. The highest BCUT2D eigenvalue weighted by atomic mass is 35.5. The van der Waals surface area contributed by atoms with Gasteiger partial charge in [-0.3, -0.25) is 9.59 Å². The second-order valence-corrected chi connectivity index (χ2v) is 7.40. The molecule has 1 saturated heterocycles. The summed E-state index contributed by atoms with van der Waals surface area (Å²) in [5.74, 6) is -0.119. The first-order valence-corrected chi connectivity index (χ1v) is 9.79. The Morgan fingerprint density at radius 2 is 1.89 bits per heavy atom. The van der Waals surface area contributed by atoms with Gasteiger partial charge in [-0.1, -0.05) is 54.1 Å². The van der Waals surface area contributed by atoms with Gasteiger partial charge in [0.05, 0.1) is 5.92 Å². The van der Waals surface area contributed by atoms with Gasteiger partial charge in [0.25, 0.3) is 0 Å². The lowest BCUT2D eigenvalue weighted by molar-refractivity contribution is -0.136. The zero-order valence-corrected chi connectivity index (χ0v) is 16.4. The van der Waals surface area contributed by atoms with Gasteiger partial charge in [0.1, 0.15) is 0 Å². The molecular formula is C22H25ClN2O2. The molecular weight excluding hydrogens is 360 g/mol. The van der Waals surface area contributed by atoms with Crippen LogP contribution in [-0.4, -0.2) is 41.2 Å². The summed E-state index contributed by atoms with van der Waals surface area (Å²) < 4.78 is 0. The minimum atomic E-state index is -0.250. The number of hydrogen-bond donors (Lipinski definition) is 0. The van der Waals surface area contributed by atoms with E-state index in [4.69, 9.17) is 11.6 Å². The lowest BCUT2D eigenvalue weighted by Gasteiger charge is -2.24. The van der Waals surface area contributed by atoms with Gasteiger partial charge < -0.3 is 9.80 Å². The third-order valence-electron chi connectivity index (χ3n) is 5.03. The first kappa shape index (κ1) is 19.4. The molecule has 3 rings (SSSR count). The van der Waals surface area contributed by atoms with Crippen LogP contribution < -0.4 is 0 Å². The maximum absolute atomic E-state index is 12.9. The van der Waals surface area contributed by atoms with E-state index in [0.29, 0.717) is 37.6 Å². The molecule has 142 valence electrons. The highest BCUT2D eigenvalue weighted by molar-refractivity contribution is 6.30. The van der Waals surface area contributed by atoms with E-state index in [1.807, 2.05) is 66.4 Å². The van der Waals surface area contributed by atoms with Gasteiger partial charge in [0.2, 0.25) is 11.8 Å². The van der Waals surface area contributed by atoms with Crippen LogP contribution in [-0.2, 0) is 22.6 Å². The number of nitrogens with zero attached hydrogens (tertiary/aromatic N) is 2. The molecule has 2 amide bonds. The fourth-order valence-corrected chi connectivity index (χ4v) is 3.73. The number of rotatable bonds is 7. The van der Waals surface area contributed by atoms with Crippen molar-refractivity contribution in [2.24, 2.45) is 5.92 Å². The minimum absolute atomic E-state index is 0.0612. The second-order valence-electron chi connectivity index (χ2n) is 6.96. The maximum Gasteiger partial charge on any atom is 0.228 e. The van der Waals surface area contributed by atoms with Crippen LogP contribution in [0.15, 0.2) is 54.6 Å². The topological polar surface area (TPSA) is 40.6 Å². The molecule has 0 spiro atoms. The van der Waals surface area contributed by atoms with Crippen molar-refractivity contribution in [2.75, 3.05) is 19.6 Å². The average Bonchev–Trinajstić information content (AvgIpc) is 3.05. The Bertz CT molecular complexity index is 794. The van der Waals surface area contributed by atoms with Crippen molar-refractivity contribution < 1.29 is 9.59 Å². The largest absolute Gasteiger partial charge is 0.342 e. The third kappa shape index (κ3) is 5.10. The molecule has 0 aromatic heterocycles. The molecule has 0 N–H and O–H groups in total. The summed E-state index contributed by atoms with van der Waals surface area (Å²) in [7, 11) is 0. The summed E-state index contributed by atoms with van der Waals surface area (Å²) in [5.41, 5.74) is 2.21. The van der Waals surface area contributed by atoms with Gasteiger partial charge in [-0.25, -0.2) is 0 Å². The molecule has 1 fully saturated rings. The number of hydrogen-bond acceptors (Lipinski definition) is 2. The molecule has 2 aromatic carbocycles. The monoisotopic (exact) mass is 384 g/mol. The smallest absolute Gasteiger partial charge is 0.228 e. The van der Waals surface area contributed by atoms with E-state index in [1.165, 1.54) is 0 Å². The van der Waals surface area contributed by atoms with Gasteiger partial charge in [-0.05, 0) is 36.6 Å². The average molecular weight is 385 g/mol. The molecule has 0 aliphatic carbocycles. The zero-order chi connectivity index (χ0) is 19.2. The SMILES string of the molecule is CCN(Cc1ccccc1)C(=O)C1CC(=O)N(CCc2cccc(Cl)c2)C1. The number of amides is 2. The normalized spacial score (nSPS) is 16.6. The van der Waals surface area contributed by atoms with E-state index in [0.717, 1.165) is 17.5 Å². The van der Waals surface area contributed by atoms with Crippen molar-refractivity contribution >= 4 is 23.4 Å². The van der Waals surface area contributed by atoms with Crippen LogP contribution in [0.25, 0.3) is 0 Å². The molecule has 1 aliphatic heterocycles. The van der Waals surface area contributed by atoms with Crippen LogP contribution in [0.4, 0.5) is 0 Å². The number of halogens is 1. The molecule has 27 heavy (non-hydrogen) atoms. The fourth-order valence-electron chi connectivity index (χ4n) is 3.52. The van der Waals surface area contributed by atoms with E-state index in [1.54, 1.807) is 4.90 Å². The summed E-state index contributed by atoms with van der Waals surface area (Å²) in [5, 5.41) is 0.702. The zero-order valence-electron chi connectivity index (χ0n) is 15.6. The molecule has 1 atom stereocenters. The number of carbonyl (C=O) groups excluding carboxylic acids is 2. The van der Waals surface area contributed by atoms with Crippen LogP contribution in [0.2, 0.25) is 5.02 Å². The second kappa shape index (κ2) is 9.05. The van der Waals surface area contributed by atoms with Gasteiger partial charge in [0, 0.05) is 37.6 Å². The molecule has 5 heteroatoms. The van der Waals surface area contributed by atoms with Crippen LogP contribution in [0, 0.1) is 5.92 Å². The van der Waals surface area contributed by atoms with Crippen LogP contribution in [0.3, 0.4) is 0 Å². The first-order valence-electron chi connectivity index (χ1n) is 9.41. The minimum Gasteiger partial charge on any atom is -0.342 e. The third-order valence-corrected chi connectivity index (χ3v) is 5.27. The van der Waals surface area contributed by atoms with Gasteiger partial charge in [-0.2, -0.15) is 0 Å². The molecule has 0 bridgehead atoms. The summed E-state index contributed by atoms with van der Waals surface area (Å²) in [6.45, 7) is 4.33. The highest BCUT2D eigenvalue weighted by Crippen LogP contribution is 2.22. The fraction of sp³-hybridized carbons (Fsp3) is 0.364. The summed E-state index contributed by atoms with van der Waals surface area (Å²) in [4.78, 5) is 28.9. The predicted octanol–water partition coefficient (Wildman–Crippen LogP) is 3.78. The van der Waals surface area contributed by atoms with Crippen molar-refractivity contribution in [1.29, 1.82) is 0 Å². The van der Waals surface area contributed by atoms with E-state index in [9.17, 15) is 9.59 Å². The van der Waals surface area contributed by atoms with Crippen LogP contribution in [0.5, 0.6) is 0 Å². The molecule has 4 nitrogen and oxygen atoms in total. The maximum atomic E-state index is 12.9. The number of likely N-dealkylation sites (tertiary alicyclic amines) is 1. The predicted molar refractivity (Wildman–Crippen MR) is 107 cm³/mol. The Kier molecular flexibility index (Phi) is 6.51. The summed E-state index contributed by atoms with van der Waals surface area (Å²) in [6, 6.07) is 17.6. The summed E-state index contributed by atoms with van der Waals surface area (Å²) >= 11 is 6.02. The Hall–Kier alpha value is -2.33. The van der Waals surface area contributed by atoms with E-state index in [2.05, 4.69) is 0 Å². The lowest BCUT2D eigenvalue weighted by Crippen LogP contribution is -2.37. The van der Waals surface area contributed by atoms with E-state index < -0.39 is 0 Å². The van der Waals surface area contributed by atoms with Crippen molar-refractivity contribution in [3.05, 3.63) is 70.7 Å². The number of benzene rings is 2. The van der Waals surface area contributed by atoms with Gasteiger partial charge in [0.15, 0.2) is 0 Å². The van der Waals surface area contributed by atoms with Crippen molar-refractivity contribution in [2.45, 2.75) is 26.3 Å². The van der Waals surface area contributed by atoms with Gasteiger partial charge in [-0.15, -0.1) is 0 Å². The quantitative estimate of drug-likeness (QED) is 0.728. The van der Waals surface area contributed by atoms with E-state index >= 15 is 0 Å². The van der Waals surface area contributed by atoms with Crippen LogP contribution >= 0.6 is 11.6 Å². The molecule has 1 aliphatic rings. The van der Waals surface area contributed by atoms with E-state index in [-0.39, 0.29) is 17.7 Å². The lowest BCUT2D eigenvalue weighted by atomic mass is 10.1. The molecule has 2 aromatic rings. The van der Waals surface area contributed by atoms with Crippen molar-refractivity contribution in [3.8, 4) is 0 Å². The standard InChI is InChI=1S/C22H25ClN2O2/c1-2-24(15-18-7-4-3-5-8-18)22(27)19-14-21(26)25(16-19)12-11-17-9-6-10-20(23)13-17/h3-10,13,19H,2,11-12,14-16H2,1H3. The Morgan fingerprint density at radius 1 is 1.15 bits per heavy atom.